The molecule has 0 aromatic carbocycles. The largest absolute Gasteiger partial charge is 0.475 e. The van der Waals surface area contributed by atoms with Crippen LogP contribution in [0.4, 0.5) is 0 Å². The number of ether oxygens (including phenoxy) is 1. The highest BCUT2D eigenvalue weighted by molar-refractivity contribution is 5.84. The summed E-state index contributed by atoms with van der Waals surface area (Å²) in [5, 5.41) is 9.50. The second kappa shape index (κ2) is 3.31. The fraction of sp³-hybridized carbons (Fsp3) is 0.300. The number of carbonyl (C=O) groups is 1. The first-order chi connectivity index (χ1) is 6.70. The average molecular weight is 194 g/mol. The minimum absolute atomic E-state index is 0.0155. The van der Waals surface area contributed by atoms with Gasteiger partial charge >= 0.3 is 5.97 Å². The van der Waals surface area contributed by atoms with Crippen LogP contribution in [0.15, 0.2) is 10.5 Å². The van der Waals surface area contributed by atoms with E-state index < -0.39 is 5.97 Å². The number of carboxylic acid groups (broad SMARTS) is 1. The van der Waals surface area contributed by atoms with Gasteiger partial charge in [0.05, 0.1) is 6.10 Å². The number of aromatic carboxylic acids is 1. The van der Waals surface area contributed by atoms with Crippen LogP contribution in [0.5, 0.6) is 0 Å². The Labute approximate surface area is 80.1 Å². The topological polar surface area (TPSA) is 59.7 Å². The van der Waals surface area contributed by atoms with E-state index in [1.807, 2.05) is 12.2 Å². The van der Waals surface area contributed by atoms with Gasteiger partial charge in [-0.15, -0.1) is 0 Å². The van der Waals surface area contributed by atoms with Gasteiger partial charge in [0.15, 0.2) is 0 Å². The van der Waals surface area contributed by atoms with Gasteiger partial charge in [0.25, 0.3) is 0 Å². The predicted molar refractivity (Wildman–Crippen MR) is 49.3 cm³/mol. The van der Waals surface area contributed by atoms with Crippen molar-refractivity contribution in [1.82, 2.24) is 0 Å². The van der Waals surface area contributed by atoms with Crippen LogP contribution in [0, 0.1) is 0 Å². The summed E-state index contributed by atoms with van der Waals surface area (Å²) in [5.41, 5.74) is 0.621. The molecule has 0 spiro atoms. The normalized spacial score (nSPS) is 19.4. The number of fused-ring (bicyclic) bond motifs is 1. The van der Waals surface area contributed by atoms with E-state index in [1.165, 1.54) is 6.07 Å². The zero-order chi connectivity index (χ0) is 10.1. The molecule has 0 bridgehead atoms. The molecule has 1 aromatic rings. The minimum Gasteiger partial charge on any atom is -0.475 e. The summed E-state index contributed by atoms with van der Waals surface area (Å²) >= 11 is 0. The van der Waals surface area contributed by atoms with Crippen LogP contribution in [0.25, 0.3) is 12.2 Å². The van der Waals surface area contributed by atoms with Crippen molar-refractivity contribution < 1.29 is 19.1 Å². The number of hydrogen-bond donors (Lipinski definition) is 1. The number of methoxy groups -OCH3 is 1. The van der Waals surface area contributed by atoms with Crippen molar-refractivity contribution in [2.24, 2.45) is 0 Å². The fourth-order valence-electron chi connectivity index (χ4n) is 1.47. The summed E-state index contributed by atoms with van der Waals surface area (Å²) in [7, 11) is 1.62. The lowest BCUT2D eigenvalue weighted by Crippen LogP contribution is -2.27. The summed E-state index contributed by atoms with van der Waals surface area (Å²) in [6.45, 7) is 0. The van der Waals surface area contributed by atoms with E-state index in [0.29, 0.717) is 5.42 Å². The van der Waals surface area contributed by atoms with E-state index in [2.05, 4.69) is 0 Å². The molecule has 14 heavy (non-hydrogen) atoms. The Balaban J connectivity index is 2.52. The van der Waals surface area contributed by atoms with Gasteiger partial charge in [0, 0.05) is 12.3 Å². The maximum atomic E-state index is 10.6. The molecule has 1 heterocycles. The lowest BCUT2D eigenvalue weighted by atomic mass is 10.1. The molecule has 0 amide bonds. The highest BCUT2D eigenvalue weighted by Crippen LogP contribution is 2.03. The maximum Gasteiger partial charge on any atom is 0.371 e. The molecular weight excluding hydrogens is 184 g/mol. The Morgan fingerprint density at radius 1 is 1.71 bits per heavy atom. The zero-order valence-electron chi connectivity index (χ0n) is 7.69. The van der Waals surface area contributed by atoms with Crippen molar-refractivity contribution in [2.75, 3.05) is 7.11 Å². The van der Waals surface area contributed by atoms with Crippen LogP contribution in [0.3, 0.4) is 0 Å². The van der Waals surface area contributed by atoms with Gasteiger partial charge in [0.2, 0.25) is 5.76 Å². The third-order valence-corrected chi connectivity index (χ3v) is 2.21. The van der Waals surface area contributed by atoms with Crippen molar-refractivity contribution in [3.8, 4) is 0 Å². The molecule has 74 valence electrons. The molecule has 0 fully saturated rings. The molecule has 0 radical (unpaired) electrons. The fourth-order valence-corrected chi connectivity index (χ4v) is 1.47. The molecule has 0 saturated heterocycles. The summed E-state index contributed by atoms with van der Waals surface area (Å²) in [5.74, 6) is -1.07. The van der Waals surface area contributed by atoms with Gasteiger partial charge in [0.1, 0.15) is 5.42 Å². The van der Waals surface area contributed by atoms with Crippen molar-refractivity contribution >= 4 is 18.1 Å². The van der Waals surface area contributed by atoms with Gasteiger partial charge in [-0.1, -0.05) is 0 Å². The first kappa shape index (κ1) is 9.02. The highest BCUT2D eigenvalue weighted by Gasteiger charge is 2.12. The van der Waals surface area contributed by atoms with Crippen LogP contribution < -0.4 is 10.6 Å². The molecule has 0 saturated carbocycles. The molecule has 4 nitrogen and oxygen atoms in total. The Bertz CT molecular complexity index is 469. The molecule has 1 unspecified atom stereocenters. The van der Waals surface area contributed by atoms with Gasteiger partial charge in [-0.2, -0.15) is 0 Å². The van der Waals surface area contributed by atoms with E-state index in [0.717, 1.165) is 11.6 Å². The first-order valence-corrected chi connectivity index (χ1v) is 4.28. The minimum atomic E-state index is -1.05. The van der Waals surface area contributed by atoms with E-state index in [4.69, 9.17) is 14.3 Å². The second-order valence-electron chi connectivity index (χ2n) is 3.12. The third-order valence-electron chi connectivity index (χ3n) is 2.21. The summed E-state index contributed by atoms with van der Waals surface area (Å²) < 4.78 is 10.3. The van der Waals surface area contributed by atoms with Crippen LogP contribution in [-0.4, -0.2) is 24.3 Å². The summed E-state index contributed by atoms with van der Waals surface area (Å²) in [4.78, 5) is 10.6. The van der Waals surface area contributed by atoms with Crippen molar-refractivity contribution in [3.63, 3.8) is 0 Å². The monoisotopic (exact) mass is 194 g/mol. The second-order valence-corrected chi connectivity index (χ2v) is 3.12. The summed E-state index contributed by atoms with van der Waals surface area (Å²) in [6.07, 6.45) is 4.44. The van der Waals surface area contributed by atoms with Crippen molar-refractivity contribution in [3.05, 3.63) is 22.5 Å². The molecule has 1 aliphatic rings. The highest BCUT2D eigenvalue weighted by atomic mass is 16.5. The van der Waals surface area contributed by atoms with Gasteiger partial charge in [-0.25, -0.2) is 4.79 Å². The van der Waals surface area contributed by atoms with Crippen LogP contribution in [-0.2, 0) is 4.74 Å². The van der Waals surface area contributed by atoms with Crippen LogP contribution in [0.1, 0.15) is 17.0 Å². The maximum absolute atomic E-state index is 10.6. The van der Waals surface area contributed by atoms with E-state index in [9.17, 15) is 4.79 Å². The average Bonchev–Trinajstić information content (AvgIpc) is 2.59. The molecule has 1 N–H and O–H groups in total. The molecule has 1 aromatic heterocycles. The quantitative estimate of drug-likeness (QED) is 0.717. The Morgan fingerprint density at radius 2 is 2.50 bits per heavy atom. The Morgan fingerprint density at radius 3 is 3.14 bits per heavy atom. The number of rotatable bonds is 2. The molecule has 1 aliphatic carbocycles. The van der Waals surface area contributed by atoms with Gasteiger partial charge in [-0.05, 0) is 24.6 Å². The van der Waals surface area contributed by atoms with Crippen molar-refractivity contribution in [1.29, 1.82) is 0 Å². The Hall–Kier alpha value is -1.55. The number of furan rings is 1. The Kier molecular flexibility index (Phi) is 2.13. The van der Waals surface area contributed by atoms with Crippen LogP contribution in [0.2, 0.25) is 0 Å². The van der Waals surface area contributed by atoms with Crippen LogP contribution >= 0.6 is 0 Å². The molecular formula is C10H10O4. The smallest absolute Gasteiger partial charge is 0.371 e. The molecule has 2 rings (SSSR count). The van der Waals surface area contributed by atoms with E-state index >= 15 is 0 Å². The SMILES string of the molecule is COC1C=c2cc(C(=O)O)oc2=CC1. The van der Waals surface area contributed by atoms with Gasteiger partial charge < -0.3 is 14.3 Å². The zero-order valence-corrected chi connectivity index (χ0v) is 7.69. The lowest BCUT2D eigenvalue weighted by molar-refractivity contribution is 0.0660. The molecule has 1 atom stereocenters. The van der Waals surface area contributed by atoms with E-state index in [-0.39, 0.29) is 11.9 Å². The number of hydrogen-bond acceptors (Lipinski definition) is 3. The van der Waals surface area contributed by atoms with Crippen molar-refractivity contribution in [2.45, 2.75) is 12.5 Å². The third kappa shape index (κ3) is 1.44. The predicted octanol–water partition coefficient (Wildman–Crippen LogP) is -0.0425. The molecule has 0 aliphatic heterocycles. The molecule has 4 heteroatoms. The van der Waals surface area contributed by atoms with Gasteiger partial charge in [-0.3, -0.25) is 0 Å². The van der Waals surface area contributed by atoms with E-state index in [1.54, 1.807) is 7.11 Å². The first-order valence-electron chi connectivity index (χ1n) is 4.28. The standard InChI is InChI=1S/C10H10O4/c1-13-7-2-3-8-6(4-7)5-9(14-8)10(11)12/h3-5,7H,2H2,1H3,(H,11,12). The number of carboxylic acids is 1. The lowest BCUT2D eigenvalue weighted by Gasteiger charge is -2.08. The summed E-state index contributed by atoms with van der Waals surface area (Å²) in [6, 6.07) is 1.51.